The van der Waals surface area contributed by atoms with Crippen LogP contribution in [0.5, 0.6) is 0 Å². The Kier molecular flexibility index (Phi) is 7.76. The van der Waals surface area contributed by atoms with Gasteiger partial charge < -0.3 is 0 Å². The summed E-state index contributed by atoms with van der Waals surface area (Å²) in [5.41, 5.74) is 4.98. The summed E-state index contributed by atoms with van der Waals surface area (Å²) in [6, 6.07) is 4.36. The quantitative estimate of drug-likeness (QED) is 0.579. The van der Waals surface area contributed by atoms with Gasteiger partial charge in [0.15, 0.2) is 5.52 Å². The van der Waals surface area contributed by atoms with E-state index >= 15 is 0 Å². The molecule has 3 heteroatoms. The first-order valence-corrected chi connectivity index (χ1v) is 8.23. The summed E-state index contributed by atoms with van der Waals surface area (Å²) in [7, 11) is 0.401. The molecule has 107 valence electrons. The van der Waals surface area contributed by atoms with Gasteiger partial charge >= 0.3 is 0 Å². The minimum Gasteiger partial charge on any atom is -0.289 e. The molecule has 0 saturated carbocycles. The van der Waals surface area contributed by atoms with E-state index in [4.69, 9.17) is 0 Å². The van der Waals surface area contributed by atoms with Crippen molar-refractivity contribution in [2.45, 2.75) is 53.9 Å². The van der Waals surface area contributed by atoms with E-state index in [1.54, 1.807) is 0 Å². The topological polar surface area (TPSA) is 17.1 Å². The number of rotatable bonds is 4. The summed E-state index contributed by atoms with van der Waals surface area (Å²) in [5, 5.41) is 0. The first kappa shape index (κ1) is 19.9. The zero-order chi connectivity index (χ0) is 14.8. The molecule has 0 saturated heterocycles. The molecule has 1 rings (SSSR count). The van der Waals surface area contributed by atoms with Crippen LogP contribution in [0.1, 0.15) is 61.7 Å². The second-order valence-corrected chi connectivity index (χ2v) is 8.05. The van der Waals surface area contributed by atoms with E-state index in [0.717, 1.165) is 22.9 Å². The van der Waals surface area contributed by atoms with Gasteiger partial charge in [0.1, 0.15) is 0 Å². The number of carbonyl (C=O) groups is 1. The van der Waals surface area contributed by atoms with Crippen LogP contribution in [0.4, 0.5) is 0 Å². The van der Waals surface area contributed by atoms with Crippen LogP contribution in [0.2, 0.25) is 0 Å². The van der Waals surface area contributed by atoms with Crippen LogP contribution in [0.25, 0.3) is 0 Å². The molecule has 0 bridgehead atoms. The van der Waals surface area contributed by atoms with E-state index in [1.165, 1.54) is 5.56 Å². The van der Waals surface area contributed by atoms with Gasteiger partial charge in [0, 0.05) is 24.4 Å². The molecule has 0 aliphatic rings. The maximum atomic E-state index is 12.4. The Morgan fingerprint density at radius 2 is 1.60 bits per heavy atom. The molecule has 1 aromatic rings. The fourth-order valence-corrected chi connectivity index (χ4v) is 3.30. The smallest absolute Gasteiger partial charge is 0.181 e. The van der Waals surface area contributed by atoms with Crippen LogP contribution < -0.4 is 0 Å². The van der Waals surface area contributed by atoms with Crippen molar-refractivity contribution in [3.05, 3.63) is 34.4 Å². The Bertz CT molecular complexity index is 449. The molecule has 0 spiro atoms. The van der Waals surface area contributed by atoms with Crippen molar-refractivity contribution in [1.82, 2.24) is 0 Å². The van der Waals surface area contributed by atoms with E-state index in [0.29, 0.717) is 20.0 Å². The van der Waals surface area contributed by atoms with Gasteiger partial charge in [-0.1, -0.05) is 46.8 Å². The average molecular weight is 285 g/mol. The molecule has 1 radical (unpaired) electrons. The van der Waals surface area contributed by atoms with Gasteiger partial charge in [0.25, 0.3) is 0 Å². The Hall–Kier alpha value is -0.0826. The SMILES string of the molecule is Cc1cc(C(C)(C)C)cc(C)c1C(=O)PCC(C)C.[Li]. The predicted molar refractivity (Wildman–Crippen MR) is 92.7 cm³/mol. The fraction of sp³-hybridized carbons (Fsp3) is 0.588. The molecule has 0 aliphatic heterocycles. The molecule has 0 aliphatic carbocycles. The molecule has 0 heterocycles. The van der Waals surface area contributed by atoms with Crippen molar-refractivity contribution in [2.75, 3.05) is 6.16 Å². The van der Waals surface area contributed by atoms with Crippen LogP contribution in [0.3, 0.4) is 0 Å². The first-order valence-electron chi connectivity index (χ1n) is 7.03. The molecule has 1 aromatic carbocycles. The van der Waals surface area contributed by atoms with E-state index in [2.05, 4.69) is 60.6 Å². The average Bonchev–Trinajstić information content (AvgIpc) is 2.24. The number of carbonyl (C=O) groups excluding carboxylic acids is 1. The van der Waals surface area contributed by atoms with Crippen molar-refractivity contribution in [3.63, 3.8) is 0 Å². The largest absolute Gasteiger partial charge is 0.289 e. The van der Waals surface area contributed by atoms with Crippen LogP contribution in [-0.2, 0) is 5.41 Å². The number of hydrogen-bond donors (Lipinski definition) is 0. The molecule has 0 amide bonds. The van der Waals surface area contributed by atoms with E-state index in [9.17, 15) is 4.79 Å². The molecule has 1 nitrogen and oxygen atoms in total. The van der Waals surface area contributed by atoms with Crippen LogP contribution in [-0.4, -0.2) is 30.5 Å². The van der Waals surface area contributed by atoms with Gasteiger partial charge in [0.05, 0.1) is 0 Å². The van der Waals surface area contributed by atoms with Gasteiger partial charge in [-0.3, -0.25) is 4.79 Å². The molecule has 0 aromatic heterocycles. The fourth-order valence-electron chi connectivity index (χ4n) is 2.14. The van der Waals surface area contributed by atoms with Crippen molar-refractivity contribution in [2.24, 2.45) is 5.92 Å². The zero-order valence-corrected chi connectivity index (χ0v) is 15.3. The summed E-state index contributed by atoms with van der Waals surface area (Å²) in [6.45, 7) is 15.1. The summed E-state index contributed by atoms with van der Waals surface area (Å²) in [4.78, 5) is 12.4. The standard InChI is InChI=1S/C17H27OP.Li/c1-11(2)10-19-16(18)15-12(3)8-14(9-13(15)4)17(5,6)7;/h8-9,11,19H,10H2,1-7H3;. The molecule has 0 N–H and O–H groups in total. The summed E-state index contributed by atoms with van der Waals surface area (Å²) in [6.07, 6.45) is 0.999. The van der Waals surface area contributed by atoms with Crippen LogP contribution in [0, 0.1) is 19.8 Å². The van der Waals surface area contributed by atoms with Gasteiger partial charge in [-0.2, -0.15) is 0 Å². The van der Waals surface area contributed by atoms with Gasteiger partial charge in [0.2, 0.25) is 0 Å². The molecule has 1 unspecified atom stereocenters. The van der Waals surface area contributed by atoms with Gasteiger partial charge in [-0.15, -0.1) is 0 Å². The minimum absolute atomic E-state index is 0. The molecule has 0 fully saturated rings. The first-order chi connectivity index (χ1) is 8.62. The number of aryl methyl sites for hydroxylation is 2. The van der Waals surface area contributed by atoms with Gasteiger partial charge in [-0.05, 0) is 56.6 Å². The molecular formula is C17H27LiOP. The van der Waals surface area contributed by atoms with Crippen LogP contribution in [0.15, 0.2) is 12.1 Å². The van der Waals surface area contributed by atoms with Gasteiger partial charge in [-0.25, -0.2) is 0 Å². The monoisotopic (exact) mass is 285 g/mol. The maximum Gasteiger partial charge on any atom is 0.181 e. The zero-order valence-electron chi connectivity index (χ0n) is 14.3. The predicted octanol–water partition coefficient (Wildman–Crippen LogP) is 4.69. The Balaban J connectivity index is 0.00000361. The second kappa shape index (κ2) is 7.79. The maximum absolute atomic E-state index is 12.4. The molecular weight excluding hydrogens is 258 g/mol. The van der Waals surface area contributed by atoms with Crippen molar-refractivity contribution >= 4 is 33.0 Å². The third kappa shape index (κ3) is 5.36. The Morgan fingerprint density at radius 1 is 1.15 bits per heavy atom. The number of benzene rings is 1. The van der Waals surface area contributed by atoms with E-state index in [-0.39, 0.29) is 24.3 Å². The third-order valence-electron chi connectivity index (χ3n) is 3.30. The summed E-state index contributed by atoms with van der Waals surface area (Å²) in [5.74, 6) is 0.594. The molecule has 1 atom stereocenters. The third-order valence-corrected chi connectivity index (χ3v) is 4.89. The number of hydrogen-bond acceptors (Lipinski definition) is 1. The summed E-state index contributed by atoms with van der Waals surface area (Å²) >= 11 is 0. The second-order valence-electron chi connectivity index (χ2n) is 6.84. The minimum atomic E-state index is 0. The van der Waals surface area contributed by atoms with Crippen LogP contribution >= 0.6 is 8.58 Å². The Morgan fingerprint density at radius 3 is 1.95 bits per heavy atom. The van der Waals surface area contributed by atoms with Crippen molar-refractivity contribution < 1.29 is 4.79 Å². The van der Waals surface area contributed by atoms with Crippen molar-refractivity contribution in [3.8, 4) is 0 Å². The summed E-state index contributed by atoms with van der Waals surface area (Å²) < 4.78 is 0. The van der Waals surface area contributed by atoms with E-state index < -0.39 is 0 Å². The van der Waals surface area contributed by atoms with E-state index in [1.807, 2.05) is 0 Å². The normalized spacial score (nSPS) is 12.0. The van der Waals surface area contributed by atoms with Crippen molar-refractivity contribution in [1.29, 1.82) is 0 Å². The molecule has 20 heavy (non-hydrogen) atoms. The Labute approximate surface area is 138 Å².